The van der Waals surface area contributed by atoms with Crippen molar-refractivity contribution in [3.8, 4) is 5.75 Å². The maximum Gasteiger partial charge on any atom is 0.120 e. The molecule has 1 aromatic rings. The molecule has 2 unspecified atom stereocenters. The zero-order valence-corrected chi connectivity index (χ0v) is 12.6. The van der Waals surface area contributed by atoms with Crippen LogP contribution in [0.5, 0.6) is 5.75 Å². The third-order valence-corrected chi connectivity index (χ3v) is 4.45. The van der Waals surface area contributed by atoms with Crippen LogP contribution in [0.3, 0.4) is 0 Å². The molecule has 20 heavy (non-hydrogen) atoms. The zero-order chi connectivity index (χ0) is 13.9. The first-order valence-corrected chi connectivity index (χ1v) is 7.93. The van der Waals surface area contributed by atoms with Gasteiger partial charge < -0.3 is 10.1 Å². The van der Waals surface area contributed by atoms with E-state index < -0.39 is 0 Å². The average molecular weight is 274 g/mol. The van der Waals surface area contributed by atoms with Crippen molar-refractivity contribution in [1.82, 2.24) is 10.2 Å². The van der Waals surface area contributed by atoms with Gasteiger partial charge in [0.05, 0.1) is 6.10 Å². The van der Waals surface area contributed by atoms with Gasteiger partial charge in [-0.15, -0.1) is 0 Å². The van der Waals surface area contributed by atoms with Crippen molar-refractivity contribution in [2.24, 2.45) is 5.92 Å². The molecule has 0 amide bonds. The molecule has 2 atom stereocenters. The molecular formula is C17H26N2O. The van der Waals surface area contributed by atoms with E-state index in [1.807, 2.05) is 0 Å². The molecule has 3 heteroatoms. The number of rotatable bonds is 4. The van der Waals surface area contributed by atoms with Gasteiger partial charge in [0.25, 0.3) is 0 Å². The minimum atomic E-state index is 0.239. The molecule has 0 aromatic heterocycles. The summed E-state index contributed by atoms with van der Waals surface area (Å²) in [5.74, 6) is 1.86. The third kappa shape index (κ3) is 3.15. The molecule has 0 aliphatic carbocycles. The number of nitrogens with zero attached hydrogens (tertiary/aromatic N) is 1. The van der Waals surface area contributed by atoms with Gasteiger partial charge in [0.15, 0.2) is 0 Å². The molecular weight excluding hydrogens is 248 g/mol. The van der Waals surface area contributed by atoms with Gasteiger partial charge in [-0.2, -0.15) is 0 Å². The lowest BCUT2D eigenvalue weighted by atomic mass is 9.91. The highest BCUT2D eigenvalue weighted by Crippen LogP contribution is 2.28. The Morgan fingerprint density at radius 3 is 3.10 bits per heavy atom. The van der Waals surface area contributed by atoms with E-state index in [9.17, 15) is 0 Å². The van der Waals surface area contributed by atoms with Crippen LogP contribution in [0.4, 0.5) is 0 Å². The van der Waals surface area contributed by atoms with E-state index >= 15 is 0 Å². The van der Waals surface area contributed by atoms with Crippen LogP contribution >= 0.6 is 0 Å². The second kappa shape index (κ2) is 6.15. The molecule has 110 valence electrons. The Labute approximate surface area is 122 Å². The number of hydrogen-bond donors (Lipinski definition) is 1. The van der Waals surface area contributed by atoms with Crippen LogP contribution in [0, 0.1) is 5.92 Å². The number of piperidine rings is 1. The van der Waals surface area contributed by atoms with Gasteiger partial charge in [-0.3, -0.25) is 4.90 Å². The third-order valence-electron chi connectivity index (χ3n) is 4.45. The Morgan fingerprint density at radius 2 is 2.25 bits per heavy atom. The molecule has 3 rings (SSSR count). The highest BCUT2D eigenvalue weighted by atomic mass is 16.5. The molecule has 0 saturated carbocycles. The SMILES string of the molecule is CC(C)Oc1cccc(CN2CCCC3CNCC32)c1. The summed E-state index contributed by atoms with van der Waals surface area (Å²) in [6.45, 7) is 8.80. The van der Waals surface area contributed by atoms with Crippen molar-refractivity contribution < 1.29 is 4.74 Å². The molecule has 1 N–H and O–H groups in total. The summed E-state index contributed by atoms with van der Waals surface area (Å²) in [7, 11) is 0. The van der Waals surface area contributed by atoms with Gasteiger partial charge in [-0.1, -0.05) is 12.1 Å². The summed E-state index contributed by atoms with van der Waals surface area (Å²) in [6.07, 6.45) is 2.97. The van der Waals surface area contributed by atoms with E-state index in [1.165, 1.54) is 31.5 Å². The van der Waals surface area contributed by atoms with Crippen LogP contribution in [-0.2, 0) is 6.54 Å². The molecule has 2 saturated heterocycles. The quantitative estimate of drug-likeness (QED) is 0.913. The van der Waals surface area contributed by atoms with Crippen LogP contribution in [-0.4, -0.2) is 36.7 Å². The molecule has 2 heterocycles. The Bertz CT molecular complexity index is 446. The fourth-order valence-corrected chi connectivity index (χ4v) is 3.58. The maximum absolute atomic E-state index is 5.80. The fourth-order valence-electron chi connectivity index (χ4n) is 3.58. The van der Waals surface area contributed by atoms with E-state index in [-0.39, 0.29) is 6.10 Å². The maximum atomic E-state index is 5.80. The van der Waals surface area contributed by atoms with E-state index in [0.717, 1.165) is 30.8 Å². The molecule has 2 aliphatic heterocycles. The summed E-state index contributed by atoms with van der Waals surface area (Å²) in [6, 6.07) is 9.32. The molecule has 0 bridgehead atoms. The van der Waals surface area contributed by atoms with Crippen LogP contribution in [0.2, 0.25) is 0 Å². The van der Waals surface area contributed by atoms with Gasteiger partial charge in [0.2, 0.25) is 0 Å². The van der Waals surface area contributed by atoms with Gasteiger partial charge >= 0.3 is 0 Å². The van der Waals surface area contributed by atoms with E-state index in [1.54, 1.807) is 0 Å². The van der Waals surface area contributed by atoms with Crippen molar-refractivity contribution in [3.63, 3.8) is 0 Å². The van der Waals surface area contributed by atoms with Gasteiger partial charge in [-0.05, 0) is 63.4 Å². The van der Waals surface area contributed by atoms with Crippen LogP contribution in [0.15, 0.2) is 24.3 Å². The predicted octanol–water partition coefficient (Wildman–Crippen LogP) is 2.66. The first-order chi connectivity index (χ1) is 9.72. The fraction of sp³-hybridized carbons (Fsp3) is 0.647. The van der Waals surface area contributed by atoms with Crippen molar-refractivity contribution in [1.29, 1.82) is 0 Å². The van der Waals surface area contributed by atoms with E-state index in [2.05, 4.69) is 48.3 Å². The summed E-state index contributed by atoms with van der Waals surface area (Å²) < 4.78 is 5.80. The normalized spacial score (nSPS) is 26.8. The minimum Gasteiger partial charge on any atom is -0.491 e. The summed E-state index contributed by atoms with van der Waals surface area (Å²) in [4.78, 5) is 2.66. The van der Waals surface area contributed by atoms with Crippen molar-refractivity contribution in [2.45, 2.75) is 45.4 Å². The minimum absolute atomic E-state index is 0.239. The Kier molecular flexibility index (Phi) is 4.27. The van der Waals surface area contributed by atoms with Crippen LogP contribution < -0.4 is 10.1 Å². The standard InChI is InChI=1S/C17H26N2O/c1-13(2)20-16-7-3-5-14(9-16)12-19-8-4-6-15-10-18-11-17(15)19/h3,5,7,9,13,15,17-18H,4,6,8,10-12H2,1-2H3. The second-order valence-corrected chi connectivity index (χ2v) is 6.41. The van der Waals surface area contributed by atoms with Gasteiger partial charge in [0, 0.05) is 19.1 Å². The summed E-state index contributed by atoms with van der Waals surface area (Å²) in [5, 5.41) is 3.55. The molecule has 0 spiro atoms. The topological polar surface area (TPSA) is 24.5 Å². The zero-order valence-electron chi connectivity index (χ0n) is 12.6. The van der Waals surface area contributed by atoms with E-state index in [0.29, 0.717) is 0 Å². The van der Waals surface area contributed by atoms with Crippen molar-refractivity contribution >= 4 is 0 Å². The Hall–Kier alpha value is -1.06. The number of likely N-dealkylation sites (tertiary alicyclic amines) is 1. The summed E-state index contributed by atoms with van der Waals surface area (Å²) >= 11 is 0. The number of hydrogen-bond acceptors (Lipinski definition) is 3. The molecule has 1 aromatic carbocycles. The van der Waals surface area contributed by atoms with Crippen molar-refractivity contribution in [3.05, 3.63) is 29.8 Å². The van der Waals surface area contributed by atoms with Gasteiger partial charge in [0.1, 0.15) is 5.75 Å². The van der Waals surface area contributed by atoms with E-state index in [4.69, 9.17) is 4.74 Å². The molecule has 3 nitrogen and oxygen atoms in total. The van der Waals surface area contributed by atoms with Crippen LogP contribution in [0.1, 0.15) is 32.3 Å². The number of fused-ring (bicyclic) bond motifs is 1. The highest BCUT2D eigenvalue weighted by molar-refractivity contribution is 5.28. The molecule has 2 fully saturated rings. The lowest BCUT2D eigenvalue weighted by Crippen LogP contribution is -2.44. The first-order valence-electron chi connectivity index (χ1n) is 7.93. The highest BCUT2D eigenvalue weighted by Gasteiger charge is 2.34. The molecule has 0 radical (unpaired) electrons. The number of benzene rings is 1. The van der Waals surface area contributed by atoms with Gasteiger partial charge in [-0.25, -0.2) is 0 Å². The molecule has 2 aliphatic rings. The Balaban J connectivity index is 1.67. The second-order valence-electron chi connectivity index (χ2n) is 6.41. The Morgan fingerprint density at radius 1 is 1.35 bits per heavy atom. The summed E-state index contributed by atoms with van der Waals surface area (Å²) in [5.41, 5.74) is 1.37. The predicted molar refractivity (Wildman–Crippen MR) is 82.0 cm³/mol. The van der Waals surface area contributed by atoms with Crippen molar-refractivity contribution in [2.75, 3.05) is 19.6 Å². The number of nitrogens with one attached hydrogen (secondary N) is 1. The first kappa shape index (κ1) is 13.9. The largest absolute Gasteiger partial charge is 0.491 e. The average Bonchev–Trinajstić information content (AvgIpc) is 2.88. The lowest BCUT2D eigenvalue weighted by Gasteiger charge is -2.37. The number of ether oxygens (including phenoxy) is 1. The lowest BCUT2D eigenvalue weighted by molar-refractivity contribution is 0.117. The van der Waals surface area contributed by atoms with Crippen LogP contribution in [0.25, 0.3) is 0 Å². The monoisotopic (exact) mass is 274 g/mol. The smallest absolute Gasteiger partial charge is 0.120 e.